The fourth-order valence-corrected chi connectivity index (χ4v) is 3.34. The van der Waals surface area contributed by atoms with Crippen molar-refractivity contribution in [3.63, 3.8) is 0 Å². The van der Waals surface area contributed by atoms with Gasteiger partial charge in [-0.3, -0.25) is 9.48 Å². The SMILES string of the molecule is CSc1ccc(-c2nn(C3CCCC3)cc2C=O)cc1F. The van der Waals surface area contributed by atoms with Crippen LogP contribution in [0.1, 0.15) is 42.1 Å². The number of aromatic nitrogens is 2. The molecule has 1 aromatic carbocycles. The van der Waals surface area contributed by atoms with Crippen LogP contribution in [0.25, 0.3) is 11.3 Å². The minimum atomic E-state index is -0.271. The predicted octanol–water partition coefficient (Wildman–Crippen LogP) is 4.34. The average Bonchev–Trinajstić information content (AvgIpc) is 3.15. The van der Waals surface area contributed by atoms with Crippen LogP contribution in [0.5, 0.6) is 0 Å². The van der Waals surface area contributed by atoms with Crippen LogP contribution in [0.3, 0.4) is 0 Å². The molecule has 0 spiro atoms. The van der Waals surface area contributed by atoms with Gasteiger partial charge in [-0.25, -0.2) is 4.39 Å². The Labute approximate surface area is 127 Å². The van der Waals surface area contributed by atoms with E-state index < -0.39 is 0 Å². The number of hydrogen-bond donors (Lipinski definition) is 0. The van der Waals surface area contributed by atoms with Gasteiger partial charge in [0.05, 0.1) is 11.6 Å². The van der Waals surface area contributed by atoms with Crippen LogP contribution >= 0.6 is 11.8 Å². The Balaban J connectivity index is 2.00. The van der Waals surface area contributed by atoms with Crippen LogP contribution in [-0.4, -0.2) is 22.3 Å². The molecule has 2 aromatic rings. The maximum atomic E-state index is 13.9. The number of halogens is 1. The zero-order valence-electron chi connectivity index (χ0n) is 11.9. The molecule has 21 heavy (non-hydrogen) atoms. The summed E-state index contributed by atoms with van der Waals surface area (Å²) in [5.41, 5.74) is 1.76. The number of thioether (sulfide) groups is 1. The Morgan fingerprint density at radius 3 is 2.76 bits per heavy atom. The highest BCUT2D eigenvalue weighted by atomic mass is 32.2. The zero-order valence-corrected chi connectivity index (χ0v) is 12.7. The van der Waals surface area contributed by atoms with E-state index in [9.17, 15) is 9.18 Å². The van der Waals surface area contributed by atoms with Gasteiger partial charge in [-0.15, -0.1) is 11.8 Å². The topological polar surface area (TPSA) is 34.9 Å². The second kappa shape index (κ2) is 6.02. The first-order valence-corrected chi connectivity index (χ1v) is 8.33. The Morgan fingerprint density at radius 1 is 1.38 bits per heavy atom. The summed E-state index contributed by atoms with van der Waals surface area (Å²) in [5.74, 6) is -0.271. The standard InChI is InChI=1S/C16H17FN2OS/c1-21-15-7-6-11(8-14(15)17)16-12(10-20)9-19(18-16)13-4-2-3-5-13/h6-10,13H,2-5H2,1H3. The number of hydrogen-bond acceptors (Lipinski definition) is 3. The number of carbonyl (C=O) groups excluding carboxylic acids is 1. The summed E-state index contributed by atoms with van der Waals surface area (Å²) >= 11 is 1.36. The molecule has 1 heterocycles. The molecule has 0 atom stereocenters. The van der Waals surface area contributed by atoms with E-state index in [1.807, 2.05) is 17.0 Å². The van der Waals surface area contributed by atoms with Crippen LogP contribution in [-0.2, 0) is 0 Å². The van der Waals surface area contributed by atoms with Crippen molar-refractivity contribution in [2.75, 3.05) is 6.26 Å². The minimum Gasteiger partial charge on any atom is -0.298 e. The van der Waals surface area contributed by atoms with E-state index in [4.69, 9.17) is 0 Å². The summed E-state index contributed by atoms with van der Waals surface area (Å²) in [7, 11) is 0. The minimum absolute atomic E-state index is 0.271. The third-order valence-electron chi connectivity index (χ3n) is 4.01. The molecule has 0 saturated heterocycles. The van der Waals surface area contributed by atoms with Crippen molar-refractivity contribution < 1.29 is 9.18 Å². The molecule has 0 unspecified atom stereocenters. The van der Waals surface area contributed by atoms with Gasteiger partial charge >= 0.3 is 0 Å². The van der Waals surface area contributed by atoms with Gasteiger partial charge < -0.3 is 0 Å². The van der Waals surface area contributed by atoms with Crippen LogP contribution in [0.4, 0.5) is 4.39 Å². The van der Waals surface area contributed by atoms with E-state index in [2.05, 4.69) is 5.10 Å². The fourth-order valence-electron chi connectivity index (χ4n) is 2.89. The van der Waals surface area contributed by atoms with E-state index in [-0.39, 0.29) is 5.82 Å². The fraction of sp³-hybridized carbons (Fsp3) is 0.375. The highest BCUT2D eigenvalue weighted by Crippen LogP contribution is 2.32. The highest BCUT2D eigenvalue weighted by molar-refractivity contribution is 7.98. The number of rotatable bonds is 4. The number of benzene rings is 1. The van der Waals surface area contributed by atoms with Crippen molar-refractivity contribution in [2.45, 2.75) is 36.6 Å². The molecule has 110 valence electrons. The normalized spacial score (nSPS) is 15.5. The molecule has 0 aliphatic heterocycles. The molecule has 3 nitrogen and oxygen atoms in total. The summed E-state index contributed by atoms with van der Waals surface area (Å²) in [4.78, 5) is 11.9. The Morgan fingerprint density at radius 2 is 2.14 bits per heavy atom. The van der Waals surface area contributed by atoms with Gasteiger partial charge in [0.15, 0.2) is 6.29 Å². The third kappa shape index (κ3) is 2.75. The summed E-state index contributed by atoms with van der Waals surface area (Å²) in [6.45, 7) is 0. The van der Waals surface area contributed by atoms with Gasteiger partial charge in [-0.1, -0.05) is 18.9 Å². The second-order valence-electron chi connectivity index (χ2n) is 5.32. The molecular weight excluding hydrogens is 287 g/mol. The molecular formula is C16H17FN2OS. The molecule has 1 aliphatic carbocycles. The van der Waals surface area contributed by atoms with Gasteiger partial charge in [-0.05, 0) is 31.2 Å². The van der Waals surface area contributed by atoms with Gasteiger partial charge in [-0.2, -0.15) is 5.10 Å². The molecule has 0 radical (unpaired) electrons. The van der Waals surface area contributed by atoms with E-state index in [0.29, 0.717) is 27.8 Å². The van der Waals surface area contributed by atoms with Gasteiger partial charge in [0.2, 0.25) is 0 Å². The summed E-state index contributed by atoms with van der Waals surface area (Å²) in [6, 6.07) is 5.38. The number of nitrogens with zero attached hydrogens (tertiary/aromatic N) is 2. The smallest absolute Gasteiger partial charge is 0.153 e. The third-order valence-corrected chi connectivity index (χ3v) is 4.78. The van der Waals surface area contributed by atoms with Gasteiger partial charge in [0.25, 0.3) is 0 Å². The first kappa shape index (κ1) is 14.3. The summed E-state index contributed by atoms with van der Waals surface area (Å²) in [6.07, 6.45) is 9.02. The monoisotopic (exact) mass is 304 g/mol. The Bertz CT molecular complexity index is 662. The van der Waals surface area contributed by atoms with Crippen molar-refractivity contribution in [1.29, 1.82) is 0 Å². The maximum absolute atomic E-state index is 13.9. The molecule has 1 aromatic heterocycles. The van der Waals surface area contributed by atoms with Crippen LogP contribution in [0.2, 0.25) is 0 Å². The van der Waals surface area contributed by atoms with Crippen molar-refractivity contribution in [1.82, 2.24) is 9.78 Å². The lowest BCUT2D eigenvalue weighted by Gasteiger charge is -2.08. The first-order chi connectivity index (χ1) is 10.2. The second-order valence-corrected chi connectivity index (χ2v) is 6.17. The zero-order chi connectivity index (χ0) is 14.8. The van der Waals surface area contributed by atoms with Crippen molar-refractivity contribution in [3.05, 3.63) is 35.8 Å². The van der Waals surface area contributed by atoms with Crippen LogP contribution < -0.4 is 0 Å². The van der Waals surface area contributed by atoms with Crippen molar-refractivity contribution in [3.8, 4) is 11.3 Å². The maximum Gasteiger partial charge on any atom is 0.153 e. The van der Waals surface area contributed by atoms with Crippen LogP contribution in [0.15, 0.2) is 29.3 Å². The molecule has 1 saturated carbocycles. The number of aldehydes is 1. The molecule has 1 aliphatic rings. The molecule has 0 bridgehead atoms. The lowest BCUT2D eigenvalue weighted by atomic mass is 10.1. The Kier molecular flexibility index (Phi) is 4.10. The predicted molar refractivity (Wildman–Crippen MR) is 82.3 cm³/mol. The molecule has 1 fully saturated rings. The molecule has 0 N–H and O–H groups in total. The number of carbonyl (C=O) groups is 1. The lowest BCUT2D eigenvalue weighted by Crippen LogP contribution is -2.04. The molecule has 0 amide bonds. The van der Waals surface area contributed by atoms with Crippen LogP contribution in [0, 0.1) is 5.82 Å². The van der Waals surface area contributed by atoms with Gasteiger partial charge in [0.1, 0.15) is 11.5 Å². The molecule has 3 rings (SSSR count). The van der Waals surface area contributed by atoms with Crippen molar-refractivity contribution >= 4 is 18.0 Å². The summed E-state index contributed by atoms with van der Waals surface area (Å²) in [5, 5.41) is 4.54. The van der Waals surface area contributed by atoms with Gasteiger partial charge in [0, 0.05) is 16.7 Å². The highest BCUT2D eigenvalue weighted by Gasteiger charge is 2.20. The van der Waals surface area contributed by atoms with Crippen molar-refractivity contribution in [2.24, 2.45) is 0 Å². The average molecular weight is 304 g/mol. The quantitative estimate of drug-likeness (QED) is 0.622. The summed E-state index contributed by atoms with van der Waals surface area (Å²) < 4.78 is 15.8. The lowest BCUT2D eigenvalue weighted by molar-refractivity contribution is 0.112. The first-order valence-electron chi connectivity index (χ1n) is 7.11. The van der Waals surface area contributed by atoms with E-state index in [0.717, 1.165) is 19.1 Å². The van der Waals surface area contributed by atoms with E-state index in [1.165, 1.54) is 30.7 Å². The van der Waals surface area contributed by atoms with E-state index >= 15 is 0 Å². The largest absolute Gasteiger partial charge is 0.298 e. The van der Waals surface area contributed by atoms with E-state index in [1.54, 1.807) is 12.3 Å². The Hall–Kier alpha value is -1.62. The molecule has 5 heteroatoms.